The van der Waals surface area contributed by atoms with E-state index < -0.39 is 0 Å². The lowest BCUT2D eigenvalue weighted by molar-refractivity contribution is 0.227. The van der Waals surface area contributed by atoms with Gasteiger partial charge in [0.15, 0.2) is 0 Å². The van der Waals surface area contributed by atoms with E-state index in [4.69, 9.17) is 0 Å². The molecule has 5 aromatic rings. The van der Waals surface area contributed by atoms with Crippen molar-refractivity contribution < 1.29 is 0 Å². The lowest BCUT2D eigenvalue weighted by Gasteiger charge is -2.23. The molecule has 0 spiro atoms. The molecule has 0 aliphatic heterocycles. The maximum Gasteiger partial charge on any atom is 0.122 e. The normalized spacial score (nSPS) is 11.8. The van der Waals surface area contributed by atoms with E-state index in [1.807, 2.05) is 96.0 Å². The summed E-state index contributed by atoms with van der Waals surface area (Å²) in [6.07, 6.45) is 15.2. The van der Waals surface area contributed by atoms with Crippen LogP contribution in [-0.4, -0.2) is 53.1 Å². The van der Waals surface area contributed by atoms with Gasteiger partial charge in [-0.05, 0) is 0 Å². The molecule has 0 fully saturated rings. The van der Waals surface area contributed by atoms with Crippen molar-refractivity contribution >= 4 is 0 Å². The minimum atomic E-state index is 0.644. The van der Waals surface area contributed by atoms with Crippen LogP contribution in [0.25, 0.3) is 0 Å². The average molecular weight is 502 g/mol. The molecule has 5 aromatic heterocycles. The Balaban J connectivity index is 1.31. The van der Waals surface area contributed by atoms with E-state index in [2.05, 4.69) is 46.0 Å². The summed E-state index contributed by atoms with van der Waals surface area (Å²) in [4.78, 5) is 22.6. The second-order valence-electron chi connectivity index (χ2n) is 9.43. The number of nitrogens with zero attached hydrogens (tertiary/aromatic N) is 12. The zero-order chi connectivity index (χ0) is 25.8. The highest BCUT2D eigenvalue weighted by atomic mass is 15.2. The quantitative estimate of drug-likeness (QED) is 0.253. The molecule has 0 N–H and O–H groups in total. The van der Waals surface area contributed by atoms with Crippen LogP contribution in [0.1, 0.15) is 34.7 Å². The first-order valence-electron chi connectivity index (χ1n) is 12.2. The third kappa shape index (κ3) is 6.04. The monoisotopic (exact) mass is 501 g/mol. The maximum atomic E-state index is 4.53. The van der Waals surface area contributed by atoms with Gasteiger partial charge in [0, 0.05) is 96.5 Å². The Morgan fingerprint density at radius 1 is 0.568 bits per heavy atom. The van der Waals surface area contributed by atoms with Crippen molar-refractivity contribution in [1.29, 1.82) is 0 Å². The summed E-state index contributed by atoms with van der Waals surface area (Å²) < 4.78 is 8.17. The second kappa shape index (κ2) is 10.9. The first-order chi connectivity index (χ1) is 17.9. The van der Waals surface area contributed by atoms with Crippen LogP contribution in [0.4, 0.5) is 0 Å². The highest BCUT2D eigenvalue weighted by Gasteiger charge is 2.15. The van der Waals surface area contributed by atoms with Gasteiger partial charge in [0.1, 0.15) is 23.3 Å². The van der Waals surface area contributed by atoms with E-state index in [-0.39, 0.29) is 0 Å². The van der Waals surface area contributed by atoms with Gasteiger partial charge in [-0.25, -0.2) is 19.9 Å². The van der Waals surface area contributed by atoms with Gasteiger partial charge in [-0.3, -0.25) is 9.80 Å². The fourth-order valence-electron chi connectivity index (χ4n) is 4.32. The molecule has 0 saturated heterocycles. The molecule has 0 aromatic carbocycles. The first-order valence-corrected chi connectivity index (χ1v) is 12.2. The number of aryl methyl sites for hydroxylation is 4. The standard InChI is InChI=1S/C25H33N12/c1-32-9-5-26-22(32)16-36(17-23-27-6-10-33(23)2)14-20-13-21(31-30-20)15-37(18-24-28-7-11-34(24)3)19-25-29-8-12-35(25)4/h5-13H,14-19H2,1-4H3/q-1. The average Bonchev–Trinajstić information content (AvgIpc) is 3.69. The Labute approximate surface area is 216 Å². The number of hydrogen-bond donors (Lipinski definition) is 0. The van der Waals surface area contributed by atoms with Crippen LogP contribution in [0.2, 0.25) is 0 Å². The first kappa shape index (κ1) is 24.7. The van der Waals surface area contributed by atoms with Crippen LogP contribution in [-0.2, 0) is 67.5 Å². The van der Waals surface area contributed by atoms with Crippen molar-refractivity contribution in [2.75, 3.05) is 0 Å². The summed E-state index contributed by atoms with van der Waals surface area (Å²) in [5.74, 6) is 3.96. The maximum absolute atomic E-state index is 4.53. The molecule has 194 valence electrons. The number of aromatic nitrogens is 10. The van der Waals surface area contributed by atoms with Gasteiger partial charge in [-0.15, -0.1) is 5.69 Å². The molecule has 0 amide bonds. The molecule has 12 heteroatoms. The molecule has 0 atom stereocenters. The van der Waals surface area contributed by atoms with Crippen LogP contribution in [0.3, 0.4) is 0 Å². The Bertz CT molecular complexity index is 1230. The molecular weight excluding hydrogens is 468 g/mol. The van der Waals surface area contributed by atoms with Gasteiger partial charge in [-0.2, -0.15) is 0 Å². The summed E-state index contributed by atoms with van der Waals surface area (Å²) in [6.45, 7) is 4.02. The molecule has 0 aliphatic rings. The van der Waals surface area contributed by atoms with Gasteiger partial charge >= 0.3 is 0 Å². The summed E-state index contributed by atoms with van der Waals surface area (Å²) in [7, 11) is 8.05. The van der Waals surface area contributed by atoms with Crippen LogP contribution in [0.5, 0.6) is 0 Å². The largest absolute Gasteiger partial charge is 0.578 e. The van der Waals surface area contributed by atoms with Crippen molar-refractivity contribution in [2.24, 2.45) is 28.2 Å². The van der Waals surface area contributed by atoms with E-state index in [9.17, 15) is 0 Å². The third-order valence-electron chi connectivity index (χ3n) is 6.56. The Morgan fingerprint density at radius 2 is 0.946 bits per heavy atom. The minimum Gasteiger partial charge on any atom is -0.578 e. The summed E-state index contributed by atoms with van der Waals surface area (Å²) in [5.41, 5.74) is 1.85. The zero-order valence-corrected chi connectivity index (χ0v) is 21.8. The summed E-state index contributed by atoms with van der Waals surface area (Å²) >= 11 is 0. The van der Waals surface area contributed by atoms with Crippen LogP contribution in [0.15, 0.2) is 55.6 Å². The van der Waals surface area contributed by atoms with E-state index in [0.29, 0.717) is 39.3 Å². The molecule has 0 unspecified atom stereocenters. The predicted octanol–water partition coefficient (Wildman–Crippen LogP) is 1.38. The van der Waals surface area contributed by atoms with Gasteiger partial charge in [0.05, 0.1) is 26.2 Å². The highest BCUT2D eigenvalue weighted by Crippen LogP contribution is 2.15. The lowest BCUT2D eigenvalue weighted by Crippen LogP contribution is -2.26. The third-order valence-corrected chi connectivity index (χ3v) is 6.56. The van der Waals surface area contributed by atoms with Crippen molar-refractivity contribution in [3.8, 4) is 0 Å². The number of hydrogen-bond acceptors (Lipinski definition) is 7. The molecule has 0 bridgehead atoms. The number of imidazole rings is 4. The summed E-state index contributed by atoms with van der Waals surface area (Å²) in [5, 5.41) is 9.05. The fraction of sp³-hybridized carbons (Fsp3) is 0.400. The topological polar surface area (TPSA) is 105 Å². The fourth-order valence-corrected chi connectivity index (χ4v) is 4.32. The van der Waals surface area contributed by atoms with E-state index in [1.54, 1.807) is 0 Å². The lowest BCUT2D eigenvalue weighted by atomic mass is 10.3. The summed E-state index contributed by atoms with van der Waals surface area (Å²) in [6, 6.07) is 2.09. The van der Waals surface area contributed by atoms with E-state index in [0.717, 1.165) is 34.7 Å². The zero-order valence-electron chi connectivity index (χ0n) is 21.8. The SMILES string of the molecule is Cn1ccnc1CN(Cc1cc(CN(Cc2nccn2C)Cc2nccn2C)[n-]n1)Cc1nccn1C. The molecule has 12 nitrogen and oxygen atoms in total. The van der Waals surface area contributed by atoms with Crippen molar-refractivity contribution in [2.45, 2.75) is 39.3 Å². The predicted molar refractivity (Wildman–Crippen MR) is 136 cm³/mol. The smallest absolute Gasteiger partial charge is 0.122 e. The number of rotatable bonds is 12. The molecular formula is C25H33N12-. The van der Waals surface area contributed by atoms with Crippen LogP contribution in [0, 0.1) is 0 Å². The van der Waals surface area contributed by atoms with Crippen LogP contribution >= 0.6 is 0 Å². The Hall–Kier alpha value is -4.03. The molecule has 0 radical (unpaired) electrons. The van der Waals surface area contributed by atoms with Gasteiger partial charge in [0.25, 0.3) is 0 Å². The van der Waals surface area contributed by atoms with Crippen molar-refractivity contribution in [3.63, 3.8) is 0 Å². The molecule has 0 aliphatic carbocycles. The Kier molecular flexibility index (Phi) is 7.28. The highest BCUT2D eigenvalue weighted by molar-refractivity contribution is 5.10. The minimum absolute atomic E-state index is 0.644. The Morgan fingerprint density at radius 3 is 1.30 bits per heavy atom. The van der Waals surface area contributed by atoms with E-state index >= 15 is 0 Å². The van der Waals surface area contributed by atoms with Crippen LogP contribution < -0.4 is 5.10 Å². The van der Waals surface area contributed by atoms with Gasteiger partial charge in [-0.1, -0.05) is 6.07 Å². The molecule has 37 heavy (non-hydrogen) atoms. The molecule has 5 heterocycles. The van der Waals surface area contributed by atoms with E-state index in [1.165, 1.54) is 0 Å². The van der Waals surface area contributed by atoms with Gasteiger partial charge < -0.3 is 28.5 Å². The van der Waals surface area contributed by atoms with Gasteiger partial charge in [0.2, 0.25) is 0 Å². The van der Waals surface area contributed by atoms with Crippen molar-refractivity contribution in [1.82, 2.24) is 58.2 Å². The molecule has 0 saturated carbocycles. The van der Waals surface area contributed by atoms with Crippen molar-refractivity contribution in [3.05, 3.63) is 90.3 Å². The second-order valence-corrected chi connectivity index (χ2v) is 9.43. The molecule has 5 rings (SSSR count).